The summed E-state index contributed by atoms with van der Waals surface area (Å²) in [6.07, 6.45) is -1.19. The molecule has 0 radical (unpaired) electrons. The minimum atomic E-state index is -3.28. The fraction of sp³-hybridized carbons (Fsp3) is 0.571. The van der Waals surface area contributed by atoms with Crippen molar-refractivity contribution < 1.29 is 25.0 Å². The standard InChI is InChI=1S/C7H9N3O6/c11-7(12,13)9-3-5(10(14)15)6(8-9)16-4-1-2-4/h3-4,11-13H,1-2H2. The van der Waals surface area contributed by atoms with Crippen molar-refractivity contribution in [3.8, 4) is 5.88 Å². The van der Waals surface area contributed by atoms with Crippen LogP contribution in [-0.2, 0) is 6.10 Å². The van der Waals surface area contributed by atoms with Crippen LogP contribution < -0.4 is 4.74 Å². The van der Waals surface area contributed by atoms with Gasteiger partial charge in [0.25, 0.3) is 0 Å². The van der Waals surface area contributed by atoms with Crippen molar-refractivity contribution in [3.05, 3.63) is 16.3 Å². The lowest BCUT2D eigenvalue weighted by atomic mass is 10.5. The summed E-state index contributed by atoms with van der Waals surface area (Å²) >= 11 is 0. The molecule has 9 nitrogen and oxygen atoms in total. The first-order valence-electron chi connectivity index (χ1n) is 4.46. The van der Waals surface area contributed by atoms with E-state index in [-0.39, 0.29) is 16.7 Å². The predicted octanol–water partition coefficient (Wildman–Crippen LogP) is -1.12. The summed E-state index contributed by atoms with van der Waals surface area (Å²) in [5.41, 5.74) is -0.534. The predicted molar refractivity (Wildman–Crippen MR) is 47.2 cm³/mol. The molecule has 3 N–H and O–H groups in total. The second-order valence-electron chi connectivity index (χ2n) is 3.44. The molecule has 1 aliphatic carbocycles. The van der Waals surface area contributed by atoms with E-state index in [1.807, 2.05) is 0 Å². The van der Waals surface area contributed by atoms with E-state index in [2.05, 4.69) is 5.10 Å². The molecule has 0 unspecified atom stereocenters. The summed E-state index contributed by atoms with van der Waals surface area (Å²) < 4.78 is 5.33. The first-order chi connectivity index (χ1) is 7.38. The number of aliphatic hydroxyl groups is 3. The summed E-state index contributed by atoms with van der Waals surface area (Å²) in [6, 6.07) is 0. The molecule has 0 aliphatic heterocycles. The number of nitro groups is 1. The third-order valence-electron chi connectivity index (χ3n) is 1.97. The minimum Gasteiger partial charge on any atom is -0.468 e. The summed E-state index contributed by atoms with van der Waals surface area (Å²) in [7, 11) is 0. The van der Waals surface area contributed by atoms with Crippen LogP contribution >= 0.6 is 0 Å². The highest BCUT2D eigenvalue weighted by Crippen LogP contribution is 2.32. The van der Waals surface area contributed by atoms with Crippen LogP contribution in [0.2, 0.25) is 0 Å². The Labute approximate surface area is 88.6 Å². The van der Waals surface area contributed by atoms with Crippen LogP contribution in [0.5, 0.6) is 5.88 Å². The zero-order chi connectivity index (χ0) is 11.9. The smallest absolute Gasteiger partial charge is 0.389 e. The second-order valence-corrected chi connectivity index (χ2v) is 3.44. The van der Waals surface area contributed by atoms with E-state index in [1.165, 1.54) is 0 Å². The van der Waals surface area contributed by atoms with Crippen LogP contribution in [0.15, 0.2) is 6.20 Å². The number of hydrogen-bond acceptors (Lipinski definition) is 7. The monoisotopic (exact) mass is 231 g/mol. The first kappa shape index (κ1) is 10.8. The average molecular weight is 231 g/mol. The van der Waals surface area contributed by atoms with E-state index in [0.29, 0.717) is 6.20 Å². The zero-order valence-electron chi connectivity index (χ0n) is 7.98. The Morgan fingerprint density at radius 2 is 2.19 bits per heavy atom. The maximum Gasteiger partial charge on any atom is 0.389 e. The van der Waals surface area contributed by atoms with Gasteiger partial charge in [0, 0.05) is 0 Å². The lowest BCUT2D eigenvalue weighted by Gasteiger charge is -2.12. The number of hydrogen-bond donors (Lipinski definition) is 3. The van der Waals surface area contributed by atoms with Crippen LogP contribution in [0, 0.1) is 10.1 Å². The molecule has 9 heteroatoms. The van der Waals surface area contributed by atoms with Crippen molar-refractivity contribution in [1.82, 2.24) is 9.78 Å². The summed E-state index contributed by atoms with van der Waals surface area (Å²) in [5.74, 6) is -0.339. The van der Waals surface area contributed by atoms with E-state index in [1.54, 1.807) is 0 Å². The lowest BCUT2D eigenvalue weighted by Crippen LogP contribution is -2.32. The van der Waals surface area contributed by atoms with Crippen molar-refractivity contribution in [3.63, 3.8) is 0 Å². The van der Waals surface area contributed by atoms with Gasteiger partial charge in [0.2, 0.25) is 0 Å². The van der Waals surface area contributed by atoms with Crippen LogP contribution in [0.1, 0.15) is 12.8 Å². The molecular formula is C7H9N3O6. The van der Waals surface area contributed by atoms with E-state index in [0.717, 1.165) is 12.8 Å². The van der Waals surface area contributed by atoms with Gasteiger partial charge >= 0.3 is 17.7 Å². The Hall–Kier alpha value is -1.71. The summed E-state index contributed by atoms with van der Waals surface area (Å²) in [4.78, 5) is 9.81. The average Bonchev–Trinajstić information content (AvgIpc) is 2.80. The second kappa shape index (κ2) is 3.40. The summed E-state index contributed by atoms with van der Waals surface area (Å²) in [6.45, 7) is 0. The molecule has 0 saturated heterocycles. The van der Waals surface area contributed by atoms with Crippen molar-refractivity contribution in [2.75, 3.05) is 0 Å². The molecule has 1 saturated carbocycles. The quantitative estimate of drug-likeness (QED) is 0.339. The molecular weight excluding hydrogens is 222 g/mol. The molecule has 16 heavy (non-hydrogen) atoms. The fourth-order valence-electron chi connectivity index (χ4n) is 1.06. The fourth-order valence-corrected chi connectivity index (χ4v) is 1.06. The van der Waals surface area contributed by atoms with Crippen molar-refractivity contribution in [2.45, 2.75) is 25.0 Å². The Morgan fingerprint density at radius 1 is 1.56 bits per heavy atom. The molecule has 1 aromatic rings. The number of rotatable bonds is 4. The highest BCUT2D eigenvalue weighted by atomic mass is 16.7. The third-order valence-corrected chi connectivity index (χ3v) is 1.97. The maximum atomic E-state index is 10.6. The third kappa shape index (κ3) is 2.10. The Kier molecular flexibility index (Phi) is 2.30. The molecule has 1 aliphatic rings. The topological polar surface area (TPSA) is 131 Å². The Morgan fingerprint density at radius 3 is 2.62 bits per heavy atom. The van der Waals surface area contributed by atoms with Crippen molar-refractivity contribution >= 4 is 5.69 Å². The molecule has 0 atom stereocenters. The van der Waals surface area contributed by atoms with Crippen LogP contribution in [0.3, 0.4) is 0 Å². The van der Waals surface area contributed by atoms with Crippen LogP contribution in [0.25, 0.3) is 0 Å². The number of nitrogens with zero attached hydrogens (tertiary/aromatic N) is 3. The molecule has 0 amide bonds. The van der Waals surface area contributed by atoms with Gasteiger partial charge in [-0.1, -0.05) is 0 Å². The van der Waals surface area contributed by atoms with Gasteiger partial charge in [0.15, 0.2) is 0 Å². The maximum absolute atomic E-state index is 10.6. The van der Waals surface area contributed by atoms with Gasteiger partial charge in [0.1, 0.15) is 12.3 Å². The largest absolute Gasteiger partial charge is 0.468 e. The van der Waals surface area contributed by atoms with Gasteiger partial charge in [-0.3, -0.25) is 10.1 Å². The van der Waals surface area contributed by atoms with Crippen LogP contribution in [-0.4, -0.2) is 36.1 Å². The summed E-state index contributed by atoms with van der Waals surface area (Å²) in [5, 5.41) is 40.4. The zero-order valence-corrected chi connectivity index (χ0v) is 7.98. The molecule has 2 rings (SSSR count). The minimum absolute atomic E-state index is 0.132. The molecule has 0 spiro atoms. The number of aromatic nitrogens is 2. The molecule has 0 bridgehead atoms. The Balaban J connectivity index is 2.32. The number of ether oxygens (including phenoxy) is 1. The van der Waals surface area contributed by atoms with Gasteiger partial charge in [-0.25, -0.2) is 0 Å². The normalized spacial score (nSPS) is 16.2. The van der Waals surface area contributed by atoms with Gasteiger partial charge in [0.05, 0.1) is 4.92 Å². The Bertz CT molecular complexity index is 418. The van der Waals surface area contributed by atoms with Crippen molar-refractivity contribution in [1.29, 1.82) is 0 Å². The van der Waals surface area contributed by atoms with Gasteiger partial charge in [-0.2, -0.15) is 4.68 Å². The molecule has 1 fully saturated rings. The van der Waals surface area contributed by atoms with E-state index in [4.69, 9.17) is 20.1 Å². The highest BCUT2D eigenvalue weighted by Gasteiger charge is 2.34. The van der Waals surface area contributed by atoms with Gasteiger partial charge in [-0.15, -0.1) is 5.10 Å². The van der Waals surface area contributed by atoms with E-state index in [9.17, 15) is 10.1 Å². The first-order valence-corrected chi connectivity index (χ1v) is 4.46. The molecule has 1 heterocycles. The molecule has 0 aromatic carbocycles. The van der Waals surface area contributed by atoms with E-state index >= 15 is 0 Å². The van der Waals surface area contributed by atoms with Gasteiger partial charge < -0.3 is 20.1 Å². The highest BCUT2D eigenvalue weighted by molar-refractivity contribution is 5.38. The molecule has 1 aromatic heterocycles. The van der Waals surface area contributed by atoms with Crippen molar-refractivity contribution in [2.24, 2.45) is 0 Å². The van der Waals surface area contributed by atoms with E-state index < -0.39 is 16.7 Å². The van der Waals surface area contributed by atoms with Crippen LogP contribution in [0.4, 0.5) is 5.69 Å². The SMILES string of the molecule is O=[N+]([O-])c1cn(C(O)(O)O)nc1OC1CC1. The molecule has 88 valence electrons. The lowest BCUT2D eigenvalue weighted by molar-refractivity contribution is -0.390. The van der Waals surface area contributed by atoms with Gasteiger partial charge in [-0.05, 0) is 12.8 Å².